The van der Waals surface area contributed by atoms with Crippen molar-refractivity contribution >= 4 is 23.6 Å². The van der Waals surface area contributed by atoms with Crippen molar-refractivity contribution in [1.29, 1.82) is 0 Å². The Bertz CT molecular complexity index is 775. The van der Waals surface area contributed by atoms with E-state index in [2.05, 4.69) is 15.6 Å². The molecule has 1 fully saturated rings. The highest BCUT2D eigenvalue weighted by Gasteiger charge is 2.26. The number of hydrogen-bond acceptors (Lipinski definition) is 7. The fraction of sp³-hybridized carbons (Fsp3) is 0.450. The molecule has 0 aliphatic carbocycles. The van der Waals surface area contributed by atoms with Crippen LogP contribution >= 0.6 is 11.8 Å². The standard InChI is InChI=1S/C20H25N3O4S/c1-26-20(25)17(13-28-12-14-6-3-2-4-7-14)22-18(24)16-11-27-19(23-16)15-8-5-9-21-10-15/h2-4,6-7,11,15,17,21H,5,8-10,12-13H2,1H3,(H,22,24). The lowest BCUT2D eigenvalue weighted by Gasteiger charge is -2.19. The van der Waals surface area contributed by atoms with Gasteiger partial charge in [-0.3, -0.25) is 4.79 Å². The first kappa shape index (κ1) is 20.4. The molecule has 0 saturated carbocycles. The van der Waals surface area contributed by atoms with Crippen molar-refractivity contribution in [3.8, 4) is 0 Å². The highest BCUT2D eigenvalue weighted by molar-refractivity contribution is 7.98. The van der Waals surface area contributed by atoms with Gasteiger partial charge >= 0.3 is 5.97 Å². The van der Waals surface area contributed by atoms with E-state index in [-0.39, 0.29) is 11.6 Å². The van der Waals surface area contributed by atoms with Crippen LogP contribution in [0, 0.1) is 0 Å². The van der Waals surface area contributed by atoms with E-state index in [1.165, 1.54) is 13.4 Å². The van der Waals surface area contributed by atoms with E-state index in [0.717, 1.165) is 37.2 Å². The fourth-order valence-corrected chi connectivity index (χ4v) is 4.06. The minimum absolute atomic E-state index is 0.174. The second kappa shape index (κ2) is 10.3. The number of piperidine rings is 1. The summed E-state index contributed by atoms with van der Waals surface area (Å²) in [6.45, 7) is 1.79. The molecule has 150 valence electrons. The van der Waals surface area contributed by atoms with Gasteiger partial charge in [0.2, 0.25) is 0 Å². The summed E-state index contributed by atoms with van der Waals surface area (Å²) >= 11 is 1.56. The number of benzene rings is 1. The van der Waals surface area contributed by atoms with Crippen molar-refractivity contribution in [2.75, 3.05) is 26.0 Å². The fourth-order valence-electron chi connectivity index (χ4n) is 3.05. The van der Waals surface area contributed by atoms with Crippen LogP contribution < -0.4 is 10.6 Å². The van der Waals surface area contributed by atoms with Crippen molar-refractivity contribution < 1.29 is 18.7 Å². The van der Waals surface area contributed by atoms with Crippen molar-refractivity contribution in [1.82, 2.24) is 15.6 Å². The van der Waals surface area contributed by atoms with E-state index in [1.807, 2.05) is 30.3 Å². The van der Waals surface area contributed by atoms with E-state index in [1.54, 1.807) is 11.8 Å². The first-order valence-corrected chi connectivity index (χ1v) is 10.5. The third kappa shape index (κ3) is 5.59. The number of ether oxygens (including phenoxy) is 1. The van der Waals surface area contributed by atoms with Gasteiger partial charge in [0.25, 0.3) is 5.91 Å². The Morgan fingerprint density at radius 1 is 1.39 bits per heavy atom. The highest BCUT2D eigenvalue weighted by Crippen LogP contribution is 2.22. The summed E-state index contributed by atoms with van der Waals surface area (Å²) in [5.74, 6) is 0.972. The number of amides is 1. The van der Waals surface area contributed by atoms with Gasteiger partial charge in [0.15, 0.2) is 11.6 Å². The van der Waals surface area contributed by atoms with Crippen LogP contribution in [0.4, 0.5) is 0 Å². The number of methoxy groups -OCH3 is 1. The minimum Gasteiger partial charge on any atom is -0.467 e. The number of thioether (sulfide) groups is 1. The van der Waals surface area contributed by atoms with Crippen LogP contribution in [0.3, 0.4) is 0 Å². The number of hydrogen-bond donors (Lipinski definition) is 2. The first-order valence-electron chi connectivity index (χ1n) is 9.34. The normalized spacial score (nSPS) is 17.7. The number of nitrogens with zero attached hydrogens (tertiary/aromatic N) is 1. The van der Waals surface area contributed by atoms with Crippen molar-refractivity contribution in [2.45, 2.75) is 30.6 Å². The molecule has 3 rings (SSSR count). The van der Waals surface area contributed by atoms with Gasteiger partial charge in [0.1, 0.15) is 12.3 Å². The Morgan fingerprint density at radius 2 is 2.21 bits per heavy atom. The topological polar surface area (TPSA) is 93.5 Å². The quantitative estimate of drug-likeness (QED) is 0.654. The predicted molar refractivity (Wildman–Crippen MR) is 107 cm³/mol. The molecular weight excluding hydrogens is 378 g/mol. The summed E-state index contributed by atoms with van der Waals surface area (Å²) in [6.07, 6.45) is 3.39. The maximum atomic E-state index is 12.5. The average Bonchev–Trinajstić information content (AvgIpc) is 3.24. The van der Waals surface area contributed by atoms with Gasteiger partial charge in [-0.2, -0.15) is 11.8 Å². The Labute approximate surface area is 168 Å². The summed E-state index contributed by atoms with van der Waals surface area (Å²) in [7, 11) is 1.31. The molecule has 28 heavy (non-hydrogen) atoms. The van der Waals surface area contributed by atoms with Gasteiger partial charge in [-0.15, -0.1) is 0 Å². The zero-order valence-electron chi connectivity index (χ0n) is 15.8. The lowest BCUT2D eigenvalue weighted by atomic mass is 10.00. The largest absolute Gasteiger partial charge is 0.467 e. The molecule has 7 nitrogen and oxygen atoms in total. The van der Waals surface area contributed by atoms with Crippen LogP contribution in [0.2, 0.25) is 0 Å². The zero-order chi connectivity index (χ0) is 19.8. The number of oxazole rings is 1. The smallest absolute Gasteiger partial charge is 0.329 e. The molecule has 0 bridgehead atoms. The maximum absolute atomic E-state index is 12.5. The monoisotopic (exact) mass is 403 g/mol. The first-order chi connectivity index (χ1) is 13.7. The minimum atomic E-state index is -0.747. The van der Waals surface area contributed by atoms with Crippen LogP contribution in [0.5, 0.6) is 0 Å². The molecule has 2 unspecified atom stereocenters. The molecule has 8 heteroatoms. The molecule has 1 aromatic carbocycles. The Hall–Kier alpha value is -2.32. The molecule has 1 aliphatic rings. The second-order valence-electron chi connectivity index (χ2n) is 6.66. The molecule has 1 aromatic heterocycles. The average molecular weight is 404 g/mol. The molecule has 2 aromatic rings. The van der Waals surface area contributed by atoms with Gasteiger partial charge < -0.3 is 19.8 Å². The second-order valence-corrected chi connectivity index (χ2v) is 7.69. The number of aromatic nitrogens is 1. The molecule has 2 heterocycles. The van der Waals surface area contributed by atoms with Crippen LogP contribution in [0.25, 0.3) is 0 Å². The van der Waals surface area contributed by atoms with Gasteiger partial charge in [-0.25, -0.2) is 9.78 Å². The van der Waals surface area contributed by atoms with Crippen molar-refractivity contribution in [3.05, 3.63) is 53.7 Å². The van der Waals surface area contributed by atoms with Gasteiger partial charge in [0, 0.05) is 24.0 Å². The summed E-state index contributed by atoms with van der Waals surface area (Å²) in [5, 5.41) is 6.01. The number of esters is 1. The zero-order valence-corrected chi connectivity index (χ0v) is 16.7. The van der Waals surface area contributed by atoms with Crippen LogP contribution in [-0.4, -0.2) is 48.9 Å². The molecule has 1 saturated heterocycles. The molecular formula is C20H25N3O4S. The summed E-state index contributed by atoms with van der Waals surface area (Å²) in [5.41, 5.74) is 1.34. The third-order valence-electron chi connectivity index (χ3n) is 4.59. The van der Waals surface area contributed by atoms with E-state index in [0.29, 0.717) is 11.6 Å². The molecule has 2 N–H and O–H groups in total. The van der Waals surface area contributed by atoms with E-state index < -0.39 is 17.9 Å². The highest BCUT2D eigenvalue weighted by atomic mass is 32.2. The number of carbonyl (C=O) groups is 2. The molecule has 1 aliphatic heterocycles. The van der Waals surface area contributed by atoms with Gasteiger partial charge in [-0.1, -0.05) is 30.3 Å². The SMILES string of the molecule is COC(=O)C(CSCc1ccccc1)NC(=O)c1coc(C2CCCNC2)n1. The molecule has 0 spiro atoms. The summed E-state index contributed by atoms with van der Waals surface area (Å²) in [4.78, 5) is 28.9. The molecule has 1 amide bonds. The lowest BCUT2D eigenvalue weighted by Crippen LogP contribution is -2.43. The molecule has 2 atom stereocenters. The third-order valence-corrected chi connectivity index (χ3v) is 5.69. The Kier molecular flexibility index (Phi) is 7.50. The number of rotatable bonds is 8. The lowest BCUT2D eigenvalue weighted by molar-refractivity contribution is -0.142. The summed E-state index contributed by atoms with van der Waals surface area (Å²) in [6, 6.07) is 9.20. The maximum Gasteiger partial charge on any atom is 0.329 e. The number of carbonyl (C=O) groups excluding carboxylic acids is 2. The van der Waals surface area contributed by atoms with Crippen LogP contribution in [-0.2, 0) is 15.3 Å². The van der Waals surface area contributed by atoms with Crippen LogP contribution in [0.15, 0.2) is 41.0 Å². The predicted octanol–water partition coefficient (Wildman–Crippen LogP) is 2.35. The Balaban J connectivity index is 1.56. The van der Waals surface area contributed by atoms with Gasteiger partial charge in [0.05, 0.1) is 7.11 Å². The number of nitrogens with one attached hydrogen (secondary N) is 2. The van der Waals surface area contributed by atoms with E-state index in [4.69, 9.17) is 9.15 Å². The van der Waals surface area contributed by atoms with Crippen molar-refractivity contribution in [3.63, 3.8) is 0 Å². The van der Waals surface area contributed by atoms with E-state index >= 15 is 0 Å². The van der Waals surface area contributed by atoms with Crippen molar-refractivity contribution in [2.24, 2.45) is 0 Å². The van der Waals surface area contributed by atoms with E-state index in [9.17, 15) is 9.59 Å². The van der Waals surface area contributed by atoms with Gasteiger partial charge in [-0.05, 0) is 24.9 Å². The summed E-state index contributed by atoms with van der Waals surface area (Å²) < 4.78 is 10.3. The van der Waals surface area contributed by atoms with Crippen LogP contribution in [0.1, 0.15) is 40.7 Å². The Morgan fingerprint density at radius 3 is 2.93 bits per heavy atom. The molecule has 0 radical (unpaired) electrons.